The number of nitrogens with one attached hydrogen (secondary N) is 1. The number of nitrogens with zero attached hydrogens (tertiary/aromatic N) is 3. The summed E-state index contributed by atoms with van der Waals surface area (Å²) in [6.07, 6.45) is 6.71. The van der Waals surface area contributed by atoms with Crippen LogP contribution in [-0.4, -0.2) is 33.9 Å². The van der Waals surface area contributed by atoms with Crippen molar-refractivity contribution in [3.63, 3.8) is 0 Å². The molecule has 2 heterocycles. The highest BCUT2D eigenvalue weighted by Gasteiger charge is 2.20. The molecule has 1 fully saturated rings. The summed E-state index contributed by atoms with van der Waals surface area (Å²) in [7, 11) is 0. The molecule has 2 aromatic rings. The molecule has 0 radical (unpaired) electrons. The first-order valence-electron chi connectivity index (χ1n) is 9.22. The number of carbonyl (C=O) groups excluding carboxylic acids is 1. The lowest BCUT2D eigenvalue weighted by Crippen LogP contribution is -2.36. The number of rotatable bonds is 5. The molecule has 1 aliphatic rings. The van der Waals surface area contributed by atoms with Crippen LogP contribution in [0.3, 0.4) is 0 Å². The van der Waals surface area contributed by atoms with Crippen LogP contribution in [0.15, 0.2) is 30.6 Å². The number of aromatic nitrogens is 2. The summed E-state index contributed by atoms with van der Waals surface area (Å²) in [6, 6.07) is 8.11. The number of anilines is 2. The molecule has 3 rings (SSSR count). The first-order valence-corrected chi connectivity index (χ1v) is 9.22. The molecular formula is C20H26N4O. The summed E-state index contributed by atoms with van der Waals surface area (Å²) >= 11 is 0. The fourth-order valence-corrected chi connectivity index (χ4v) is 3.33. The van der Waals surface area contributed by atoms with Crippen molar-refractivity contribution in [1.29, 1.82) is 0 Å². The second-order valence-electron chi connectivity index (χ2n) is 6.42. The normalized spacial score (nSPS) is 14.4. The van der Waals surface area contributed by atoms with Crippen LogP contribution in [0.2, 0.25) is 0 Å². The first-order chi connectivity index (χ1) is 12.2. The zero-order valence-electron chi connectivity index (χ0n) is 15.1. The van der Waals surface area contributed by atoms with Crippen LogP contribution in [0.4, 0.5) is 11.5 Å². The third kappa shape index (κ3) is 3.98. The molecule has 1 aromatic carbocycles. The van der Waals surface area contributed by atoms with Crippen molar-refractivity contribution in [3.8, 4) is 0 Å². The first kappa shape index (κ1) is 17.4. The van der Waals surface area contributed by atoms with Gasteiger partial charge in [-0.3, -0.25) is 4.79 Å². The number of amides is 1. The van der Waals surface area contributed by atoms with Crippen LogP contribution < -0.4 is 5.32 Å². The molecule has 0 spiro atoms. The largest absolute Gasteiger partial charge is 0.340 e. The van der Waals surface area contributed by atoms with Crippen molar-refractivity contribution < 1.29 is 4.79 Å². The average molecular weight is 338 g/mol. The molecule has 0 saturated carbocycles. The second kappa shape index (κ2) is 8.10. The van der Waals surface area contributed by atoms with Crippen LogP contribution >= 0.6 is 0 Å². The quantitative estimate of drug-likeness (QED) is 0.896. The zero-order valence-corrected chi connectivity index (χ0v) is 15.1. The summed E-state index contributed by atoms with van der Waals surface area (Å²) in [4.78, 5) is 23.1. The van der Waals surface area contributed by atoms with E-state index in [2.05, 4.69) is 47.3 Å². The van der Waals surface area contributed by atoms with Gasteiger partial charge in [0.2, 0.25) is 0 Å². The lowest BCUT2D eigenvalue weighted by atomic mass is 10.0. The smallest absolute Gasteiger partial charge is 0.272 e. The second-order valence-corrected chi connectivity index (χ2v) is 6.42. The van der Waals surface area contributed by atoms with Crippen molar-refractivity contribution in [2.75, 3.05) is 18.4 Å². The number of benzene rings is 1. The Hall–Kier alpha value is -2.43. The maximum atomic E-state index is 12.7. The summed E-state index contributed by atoms with van der Waals surface area (Å²) < 4.78 is 0. The average Bonchev–Trinajstić information content (AvgIpc) is 2.68. The number of piperidine rings is 1. The van der Waals surface area contributed by atoms with E-state index >= 15 is 0 Å². The van der Waals surface area contributed by atoms with E-state index in [9.17, 15) is 4.79 Å². The molecule has 1 aromatic heterocycles. The Kier molecular flexibility index (Phi) is 5.64. The van der Waals surface area contributed by atoms with Crippen LogP contribution in [0.1, 0.15) is 54.7 Å². The van der Waals surface area contributed by atoms with Crippen molar-refractivity contribution in [3.05, 3.63) is 47.4 Å². The van der Waals surface area contributed by atoms with Crippen molar-refractivity contribution in [2.45, 2.75) is 46.0 Å². The van der Waals surface area contributed by atoms with Gasteiger partial charge < -0.3 is 10.2 Å². The number of para-hydroxylation sites is 1. The van der Waals surface area contributed by atoms with Crippen molar-refractivity contribution in [1.82, 2.24) is 14.9 Å². The Morgan fingerprint density at radius 1 is 1.08 bits per heavy atom. The number of hydrogen-bond donors (Lipinski definition) is 1. The molecule has 5 heteroatoms. The Labute approximate surface area is 149 Å². The van der Waals surface area contributed by atoms with E-state index in [0.29, 0.717) is 11.5 Å². The molecule has 0 bridgehead atoms. The van der Waals surface area contributed by atoms with E-state index in [0.717, 1.165) is 44.5 Å². The van der Waals surface area contributed by atoms with Gasteiger partial charge in [0.1, 0.15) is 17.8 Å². The predicted octanol–water partition coefficient (Wildman–Crippen LogP) is 3.97. The molecule has 1 saturated heterocycles. The molecular weight excluding hydrogens is 312 g/mol. The third-order valence-corrected chi connectivity index (χ3v) is 4.78. The number of carbonyl (C=O) groups is 1. The lowest BCUT2D eigenvalue weighted by Gasteiger charge is -2.26. The molecule has 1 N–H and O–H groups in total. The maximum Gasteiger partial charge on any atom is 0.272 e. The van der Waals surface area contributed by atoms with Gasteiger partial charge in [0.15, 0.2) is 0 Å². The highest BCUT2D eigenvalue weighted by Crippen LogP contribution is 2.26. The molecule has 132 valence electrons. The minimum absolute atomic E-state index is 0.00430. The van der Waals surface area contributed by atoms with E-state index in [1.54, 1.807) is 6.07 Å². The van der Waals surface area contributed by atoms with Gasteiger partial charge in [-0.25, -0.2) is 9.97 Å². The molecule has 5 nitrogen and oxygen atoms in total. The van der Waals surface area contributed by atoms with Gasteiger partial charge in [0, 0.05) is 24.8 Å². The minimum Gasteiger partial charge on any atom is -0.340 e. The lowest BCUT2D eigenvalue weighted by molar-refractivity contribution is 0.0718. The van der Waals surface area contributed by atoms with E-state index in [1.807, 2.05) is 4.90 Å². The van der Waals surface area contributed by atoms with Gasteiger partial charge >= 0.3 is 0 Å². The Bertz CT molecular complexity index is 716. The summed E-state index contributed by atoms with van der Waals surface area (Å²) in [5.74, 6) is 0.676. The molecule has 0 atom stereocenters. The number of likely N-dealkylation sites (tertiary alicyclic amines) is 1. The zero-order chi connectivity index (χ0) is 17.6. The Balaban J connectivity index is 1.84. The Morgan fingerprint density at radius 3 is 2.40 bits per heavy atom. The van der Waals surface area contributed by atoms with Crippen LogP contribution in [0.25, 0.3) is 0 Å². The standard InChI is InChI=1S/C20H26N4O/c1-3-15-9-8-10-16(4-2)19(15)23-18-13-17(21-14-22-18)20(25)24-11-6-5-7-12-24/h8-10,13-14H,3-7,11-12H2,1-2H3,(H,21,22,23). The van der Waals surface area contributed by atoms with E-state index in [-0.39, 0.29) is 5.91 Å². The van der Waals surface area contributed by atoms with Crippen molar-refractivity contribution in [2.24, 2.45) is 0 Å². The Morgan fingerprint density at radius 2 is 1.76 bits per heavy atom. The fourth-order valence-electron chi connectivity index (χ4n) is 3.33. The van der Waals surface area contributed by atoms with E-state index in [4.69, 9.17) is 0 Å². The van der Waals surface area contributed by atoms with Crippen molar-refractivity contribution >= 4 is 17.4 Å². The maximum absolute atomic E-state index is 12.7. The number of aryl methyl sites for hydroxylation is 2. The van der Waals surface area contributed by atoms with Crippen LogP contribution in [0.5, 0.6) is 0 Å². The molecule has 25 heavy (non-hydrogen) atoms. The molecule has 0 aliphatic carbocycles. The highest BCUT2D eigenvalue weighted by atomic mass is 16.2. The molecule has 0 unspecified atom stereocenters. The molecule has 1 aliphatic heterocycles. The SMILES string of the molecule is CCc1cccc(CC)c1Nc1cc(C(=O)N2CCCCC2)ncn1. The van der Waals surface area contributed by atoms with Gasteiger partial charge in [-0.2, -0.15) is 0 Å². The van der Waals surface area contributed by atoms with Gasteiger partial charge in [-0.1, -0.05) is 32.0 Å². The van der Waals surface area contributed by atoms with Gasteiger partial charge in [-0.05, 0) is 43.2 Å². The minimum atomic E-state index is 0.00430. The topological polar surface area (TPSA) is 58.1 Å². The van der Waals surface area contributed by atoms with E-state index in [1.165, 1.54) is 23.9 Å². The summed E-state index contributed by atoms with van der Waals surface area (Å²) in [5.41, 5.74) is 4.07. The third-order valence-electron chi connectivity index (χ3n) is 4.78. The van der Waals surface area contributed by atoms with E-state index < -0.39 is 0 Å². The fraction of sp³-hybridized carbons (Fsp3) is 0.450. The number of hydrogen-bond acceptors (Lipinski definition) is 4. The summed E-state index contributed by atoms with van der Waals surface area (Å²) in [6.45, 7) is 5.94. The van der Waals surface area contributed by atoms with Gasteiger partial charge in [0.05, 0.1) is 0 Å². The predicted molar refractivity (Wildman–Crippen MR) is 100 cm³/mol. The molecule has 1 amide bonds. The monoisotopic (exact) mass is 338 g/mol. The summed E-state index contributed by atoms with van der Waals surface area (Å²) in [5, 5.41) is 3.42. The van der Waals surface area contributed by atoms with Gasteiger partial charge in [0.25, 0.3) is 5.91 Å². The van der Waals surface area contributed by atoms with Crippen LogP contribution in [0, 0.1) is 0 Å². The van der Waals surface area contributed by atoms with Crippen LogP contribution in [-0.2, 0) is 12.8 Å². The highest BCUT2D eigenvalue weighted by molar-refractivity contribution is 5.93. The van der Waals surface area contributed by atoms with Gasteiger partial charge in [-0.15, -0.1) is 0 Å².